The second-order valence-electron chi connectivity index (χ2n) is 5.78. The molecule has 1 heterocycles. The Kier molecular flexibility index (Phi) is 4.47. The third kappa shape index (κ3) is 3.95. The smallest absolute Gasteiger partial charge is 0.150 e. The predicted octanol–water partition coefficient (Wildman–Crippen LogP) is 2.12. The van der Waals surface area contributed by atoms with E-state index in [4.69, 9.17) is 0 Å². The minimum Gasteiger partial charge on any atom is -0.311 e. The molecule has 0 aromatic heterocycles. The highest BCUT2D eigenvalue weighted by atomic mass is 32.2. The average Bonchev–Trinajstić information content (AvgIpc) is 2.33. The summed E-state index contributed by atoms with van der Waals surface area (Å²) in [5, 5.41) is 3.66. The standard InChI is InChI=1S/C13H25NO2S/c1-11(12-5-3-2-4-6-12)14-13-7-9-17(15,16)10-8-13/h11-14H,2-10H2,1H3/t11-/m0/s1. The molecule has 1 N–H and O–H groups in total. The molecule has 0 aromatic rings. The van der Waals surface area contributed by atoms with Crippen molar-refractivity contribution in [3.8, 4) is 0 Å². The Morgan fingerprint density at radius 1 is 1.00 bits per heavy atom. The molecule has 1 atom stereocenters. The van der Waals surface area contributed by atoms with Crippen molar-refractivity contribution in [2.45, 2.75) is 64.0 Å². The molecule has 17 heavy (non-hydrogen) atoms. The van der Waals surface area contributed by atoms with Crippen molar-refractivity contribution in [1.82, 2.24) is 5.32 Å². The van der Waals surface area contributed by atoms with Crippen LogP contribution < -0.4 is 5.32 Å². The normalized spacial score (nSPS) is 29.0. The maximum atomic E-state index is 11.4. The molecule has 2 rings (SSSR count). The van der Waals surface area contributed by atoms with Crippen LogP contribution in [0.25, 0.3) is 0 Å². The van der Waals surface area contributed by atoms with Crippen LogP contribution in [0, 0.1) is 5.92 Å². The number of sulfone groups is 1. The van der Waals surface area contributed by atoms with E-state index in [0.29, 0.717) is 23.6 Å². The fourth-order valence-electron chi connectivity index (χ4n) is 3.20. The van der Waals surface area contributed by atoms with Gasteiger partial charge in [0.25, 0.3) is 0 Å². The summed E-state index contributed by atoms with van der Waals surface area (Å²) in [5.41, 5.74) is 0. The Morgan fingerprint density at radius 3 is 2.18 bits per heavy atom. The molecule has 1 aliphatic heterocycles. The summed E-state index contributed by atoms with van der Waals surface area (Å²) in [7, 11) is -2.72. The Labute approximate surface area is 105 Å². The zero-order valence-corrected chi connectivity index (χ0v) is 11.6. The number of nitrogens with one attached hydrogen (secondary N) is 1. The molecule has 4 heteroatoms. The van der Waals surface area contributed by atoms with Crippen LogP contribution in [0.2, 0.25) is 0 Å². The quantitative estimate of drug-likeness (QED) is 0.844. The maximum Gasteiger partial charge on any atom is 0.150 e. The average molecular weight is 259 g/mol. The SMILES string of the molecule is C[C@H](NC1CCS(=O)(=O)CC1)C1CCCCC1. The summed E-state index contributed by atoms with van der Waals surface area (Å²) < 4.78 is 22.7. The van der Waals surface area contributed by atoms with Crippen molar-refractivity contribution < 1.29 is 8.42 Å². The minimum atomic E-state index is -2.72. The van der Waals surface area contributed by atoms with Gasteiger partial charge in [0.05, 0.1) is 11.5 Å². The lowest BCUT2D eigenvalue weighted by atomic mass is 9.84. The third-order valence-corrected chi connectivity index (χ3v) is 6.13. The molecule has 0 radical (unpaired) electrons. The maximum absolute atomic E-state index is 11.4. The molecular weight excluding hydrogens is 234 g/mol. The second kappa shape index (κ2) is 5.70. The van der Waals surface area contributed by atoms with Crippen molar-refractivity contribution in [2.75, 3.05) is 11.5 Å². The van der Waals surface area contributed by atoms with Gasteiger partial charge in [-0.25, -0.2) is 8.42 Å². The van der Waals surface area contributed by atoms with Gasteiger partial charge in [0, 0.05) is 12.1 Å². The molecule has 1 saturated carbocycles. The molecule has 3 nitrogen and oxygen atoms in total. The van der Waals surface area contributed by atoms with Gasteiger partial charge >= 0.3 is 0 Å². The topological polar surface area (TPSA) is 46.2 Å². The van der Waals surface area contributed by atoms with E-state index in [0.717, 1.165) is 18.8 Å². The van der Waals surface area contributed by atoms with Gasteiger partial charge in [-0.1, -0.05) is 19.3 Å². The summed E-state index contributed by atoms with van der Waals surface area (Å²) in [6, 6.07) is 0.983. The van der Waals surface area contributed by atoms with Crippen LogP contribution in [0.5, 0.6) is 0 Å². The Balaban J connectivity index is 1.77. The zero-order valence-electron chi connectivity index (χ0n) is 10.8. The van der Waals surface area contributed by atoms with Crippen molar-refractivity contribution in [3.63, 3.8) is 0 Å². The minimum absolute atomic E-state index is 0.377. The summed E-state index contributed by atoms with van der Waals surface area (Å²) in [5.74, 6) is 1.56. The molecular formula is C13H25NO2S. The van der Waals surface area contributed by atoms with E-state index >= 15 is 0 Å². The fourth-order valence-corrected chi connectivity index (χ4v) is 4.69. The van der Waals surface area contributed by atoms with Gasteiger partial charge in [0.1, 0.15) is 9.84 Å². The molecule has 0 bridgehead atoms. The highest BCUT2D eigenvalue weighted by molar-refractivity contribution is 7.91. The van der Waals surface area contributed by atoms with E-state index in [1.54, 1.807) is 0 Å². The van der Waals surface area contributed by atoms with Crippen molar-refractivity contribution in [2.24, 2.45) is 5.92 Å². The molecule has 100 valence electrons. The van der Waals surface area contributed by atoms with Crippen LogP contribution >= 0.6 is 0 Å². The largest absolute Gasteiger partial charge is 0.311 e. The second-order valence-corrected chi connectivity index (χ2v) is 8.08. The van der Waals surface area contributed by atoms with Gasteiger partial charge < -0.3 is 5.32 Å². The molecule has 0 aromatic carbocycles. The molecule has 0 unspecified atom stereocenters. The van der Waals surface area contributed by atoms with Crippen molar-refractivity contribution in [3.05, 3.63) is 0 Å². The van der Waals surface area contributed by atoms with Crippen LogP contribution in [-0.4, -0.2) is 32.0 Å². The Bertz CT molecular complexity index is 319. The highest BCUT2D eigenvalue weighted by Crippen LogP contribution is 2.27. The lowest BCUT2D eigenvalue weighted by Gasteiger charge is -2.33. The molecule has 1 aliphatic carbocycles. The third-order valence-electron chi connectivity index (χ3n) is 4.41. The molecule has 1 saturated heterocycles. The molecule has 2 aliphatic rings. The van der Waals surface area contributed by atoms with E-state index < -0.39 is 9.84 Å². The molecule has 2 fully saturated rings. The van der Waals surface area contributed by atoms with Gasteiger partial charge in [-0.3, -0.25) is 0 Å². The number of hydrogen-bond acceptors (Lipinski definition) is 3. The molecule has 0 amide bonds. The van der Waals surface area contributed by atoms with E-state index in [9.17, 15) is 8.42 Å². The lowest BCUT2D eigenvalue weighted by molar-refractivity contribution is 0.258. The van der Waals surface area contributed by atoms with Gasteiger partial charge in [-0.05, 0) is 38.5 Å². The highest BCUT2D eigenvalue weighted by Gasteiger charge is 2.27. The first kappa shape index (κ1) is 13.3. The Hall–Kier alpha value is -0.0900. The van der Waals surface area contributed by atoms with E-state index in [-0.39, 0.29) is 0 Å². The molecule has 0 spiro atoms. The van der Waals surface area contributed by atoms with Gasteiger partial charge in [0.2, 0.25) is 0 Å². The van der Waals surface area contributed by atoms with E-state index in [1.165, 1.54) is 32.1 Å². The first-order valence-electron chi connectivity index (χ1n) is 7.03. The number of rotatable bonds is 3. The Morgan fingerprint density at radius 2 is 1.59 bits per heavy atom. The van der Waals surface area contributed by atoms with Crippen LogP contribution in [0.3, 0.4) is 0 Å². The van der Waals surface area contributed by atoms with Crippen LogP contribution in [0.1, 0.15) is 51.9 Å². The predicted molar refractivity (Wildman–Crippen MR) is 70.8 cm³/mol. The zero-order chi connectivity index (χ0) is 12.3. The van der Waals surface area contributed by atoms with Crippen LogP contribution in [-0.2, 0) is 9.84 Å². The first-order chi connectivity index (χ1) is 8.07. The van der Waals surface area contributed by atoms with E-state index in [1.807, 2.05) is 0 Å². The summed E-state index contributed by atoms with van der Waals surface area (Å²) in [6.45, 7) is 2.28. The fraction of sp³-hybridized carbons (Fsp3) is 1.00. The summed E-state index contributed by atoms with van der Waals surface area (Å²) in [4.78, 5) is 0. The van der Waals surface area contributed by atoms with Crippen LogP contribution in [0.4, 0.5) is 0 Å². The van der Waals surface area contributed by atoms with Crippen molar-refractivity contribution >= 4 is 9.84 Å². The van der Waals surface area contributed by atoms with Gasteiger partial charge in [-0.2, -0.15) is 0 Å². The van der Waals surface area contributed by atoms with Gasteiger partial charge in [-0.15, -0.1) is 0 Å². The van der Waals surface area contributed by atoms with Crippen molar-refractivity contribution in [1.29, 1.82) is 0 Å². The lowest BCUT2D eigenvalue weighted by Crippen LogP contribution is -2.45. The summed E-state index contributed by atoms with van der Waals surface area (Å²) >= 11 is 0. The van der Waals surface area contributed by atoms with Gasteiger partial charge in [0.15, 0.2) is 0 Å². The summed E-state index contributed by atoms with van der Waals surface area (Å²) in [6.07, 6.45) is 8.44. The monoisotopic (exact) mass is 259 g/mol. The van der Waals surface area contributed by atoms with Crippen LogP contribution in [0.15, 0.2) is 0 Å². The number of hydrogen-bond donors (Lipinski definition) is 1. The van der Waals surface area contributed by atoms with E-state index in [2.05, 4.69) is 12.2 Å². The first-order valence-corrected chi connectivity index (χ1v) is 8.85.